The number of halogens is 1. The van der Waals surface area contributed by atoms with Gasteiger partial charge >= 0.3 is 0 Å². The Kier molecular flexibility index (Phi) is 2.10. The van der Waals surface area contributed by atoms with E-state index in [9.17, 15) is 0 Å². The Balaban J connectivity index is 3.21. The molecule has 0 atom stereocenters. The van der Waals surface area contributed by atoms with Crippen molar-refractivity contribution >= 4 is 17.3 Å². The third-order valence-corrected chi connectivity index (χ3v) is 1.60. The van der Waals surface area contributed by atoms with E-state index in [0.29, 0.717) is 10.8 Å². The van der Waals surface area contributed by atoms with Crippen molar-refractivity contribution in [2.75, 3.05) is 12.8 Å². The van der Waals surface area contributed by atoms with Gasteiger partial charge in [-0.25, -0.2) is 0 Å². The number of hydrogen-bond acceptors (Lipinski definition) is 3. The van der Waals surface area contributed by atoms with Gasteiger partial charge in [0.05, 0.1) is 17.8 Å². The van der Waals surface area contributed by atoms with Crippen LogP contribution in [0.3, 0.4) is 0 Å². The van der Waals surface area contributed by atoms with Gasteiger partial charge < -0.3 is 15.6 Å². The van der Waals surface area contributed by atoms with Gasteiger partial charge in [0, 0.05) is 12.1 Å². The molecule has 0 spiro atoms. The Morgan fingerprint density at radius 2 is 2.18 bits per heavy atom. The summed E-state index contributed by atoms with van der Waals surface area (Å²) < 4.78 is 4.86. The van der Waals surface area contributed by atoms with E-state index in [1.807, 2.05) is 0 Å². The molecule has 0 saturated heterocycles. The summed E-state index contributed by atoms with van der Waals surface area (Å²) in [6.45, 7) is 0. The highest BCUT2D eigenvalue weighted by atomic mass is 35.5. The minimum absolute atomic E-state index is 0.0317. The number of benzene rings is 1. The van der Waals surface area contributed by atoms with Gasteiger partial charge in [0.1, 0.15) is 11.5 Å². The molecule has 0 heterocycles. The van der Waals surface area contributed by atoms with Crippen LogP contribution in [0.15, 0.2) is 12.1 Å². The minimum atomic E-state index is -0.0317. The molecule has 1 rings (SSSR count). The predicted molar refractivity (Wildman–Crippen MR) is 44.1 cm³/mol. The largest absolute Gasteiger partial charge is 0.506 e. The predicted octanol–water partition coefficient (Wildman–Crippen LogP) is 1.64. The number of aromatic hydroxyl groups is 1. The summed E-state index contributed by atoms with van der Waals surface area (Å²) in [5.41, 5.74) is 5.63. The van der Waals surface area contributed by atoms with Crippen LogP contribution in [0.4, 0.5) is 5.69 Å². The fourth-order valence-electron chi connectivity index (χ4n) is 0.715. The van der Waals surface area contributed by atoms with Gasteiger partial charge in [-0.1, -0.05) is 11.6 Å². The Hall–Kier alpha value is -1.09. The van der Waals surface area contributed by atoms with Gasteiger partial charge in [-0.05, 0) is 0 Å². The molecule has 11 heavy (non-hydrogen) atoms. The molecular weight excluding hydrogens is 166 g/mol. The smallest absolute Gasteiger partial charge is 0.140 e. The summed E-state index contributed by atoms with van der Waals surface area (Å²) in [5.74, 6) is 0.428. The van der Waals surface area contributed by atoms with Crippen LogP contribution in [0.5, 0.6) is 11.5 Å². The number of phenolic OH excluding ortho intramolecular Hbond substituents is 1. The molecule has 0 radical (unpaired) electrons. The maximum Gasteiger partial charge on any atom is 0.140 e. The van der Waals surface area contributed by atoms with Crippen molar-refractivity contribution in [1.29, 1.82) is 0 Å². The normalized spacial score (nSPS) is 9.64. The molecular formula is C7H8ClNO2. The van der Waals surface area contributed by atoms with Gasteiger partial charge in [-0.15, -0.1) is 0 Å². The molecule has 0 aromatic heterocycles. The van der Waals surface area contributed by atoms with Crippen molar-refractivity contribution in [1.82, 2.24) is 0 Å². The summed E-state index contributed by atoms with van der Waals surface area (Å²) in [4.78, 5) is 0. The highest BCUT2D eigenvalue weighted by Gasteiger charge is 2.04. The molecule has 1 aromatic rings. The third kappa shape index (κ3) is 1.49. The molecule has 0 amide bonds. The highest BCUT2D eigenvalue weighted by molar-refractivity contribution is 6.32. The lowest BCUT2D eigenvalue weighted by Gasteiger charge is -2.04. The molecule has 3 nitrogen and oxygen atoms in total. The minimum Gasteiger partial charge on any atom is -0.506 e. The Labute approximate surface area is 69.3 Å². The molecule has 3 N–H and O–H groups in total. The molecule has 0 bridgehead atoms. The second-order valence-corrected chi connectivity index (χ2v) is 2.45. The van der Waals surface area contributed by atoms with Crippen molar-refractivity contribution < 1.29 is 9.84 Å². The maximum absolute atomic E-state index is 9.06. The first-order valence-electron chi connectivity index (χ1n) is 2.97. The first-order valence-corrected chi connectivity index (χ1v) is 3.35. The highest BCUT2D eigenvalue weighted by Crippen LogP contribution is 2.32. The summed E-state index contributed by atoms with van der Waals surface area (Å²) in [7, 11) is 1.48. The Morgan fingerprint density at radius 3 is 2.73 bits per heavy atom. The van der Waals surface area contributed by atoms with E-state index in [4.69, 9.17) is 27.2 Å². The van der Waals surface area contributed by atoms with Gasteiger partial charge in [-0.3, -0.25) is 0 Å². The lowest BCUT2D eigenvalue weighted by atomic mass is 10.3. The third-order valence-electron chi connectivity index (χ3n) is 1.30. The van der Waals surface area contributed by atoms with Crippen molar-refractivity contribution in [3.05, 3.63) is 17.2 Å². The number of rotatable bonds is 1. The van der Waals surface area contributed by atoms with Crippen LogP contribution >= 0.6 is 11.6 Å². The molecule has 0 aliphatic rings. The van der Waals surface area contributed by atoms with E-state index in [1.54, 1.807) is 0 Å². The fraction of sp³-hybridized carbons (Fsp3) is 0.143. The molecule has 0 unspecified atom stereocenters. The van der Waals surface area contributed by atoms with Crippen LogP contribution in [0, 0.1) is 0 Å². The van der Waals surface area contributed by atoms with Crippen LogP contribution in [0.2, 0.25) is 5.02 Å². The second kappa shape index (κ2) is 2.88. The summed E-state index contributed by atoms with van der Waals surface area (Å²) in [6.07, 6.45) is 0. The molecule has 0 aliphatic heterocycles. The average molecular weight is 174 g/mol. The zero-order valence-electron chi connectivity index (χ0n) is 5.97. The van der Waals surface area contributed by atoms with E-state index in [0.717, 1.165) is 0 Å². The monoisotopic (exact) mass is 173 g/mol. The SMILES string of the molecule is COc1cc(N)c(O)cc1Cl. The van der Waals surface area contributed by atoms with E-state index in [1.165, 1.54) is 19.2 Å². The number of nitrogens with two attached hydrogens (primary N) is 1. The van der Waals surface area contributed by atoms with Gasteiger partial charge in [-0.2, -0.15) is 0 Å². The van der Waals surface area contributed by atoms with Crippen LogP contribution in [0.25, 0.3) is 0 Å². The summed E-state index contributed by atoms with van der Waals surface area (Å²) >= 11 is 5.66. The summed E-state index contributed by atoms with van der Waals surface area (Å²) in [5, 5.41) is 9.40. The van der Waals surface area contributed by atoms with E-state index in [-0.39, 0.29) is 11.4 Å². The van der Waals surface area contributed by atoms with Crippen LogP contribution in [0.1, 0.15) is 0 Å². The number of hydrogen-bond donors (Lipinski definition) is 2. The lowest BCUT2D eigenvalue weighted by molar-refractivity contribution is 0.413. The van der Waals surface area contributed by atoms with Crippen molar-refractivity contribution in [3.63, 3.8) is 0 Å². The Bertz CT molecular complexity index is 275. The quantitative estimate of drug-likeness (QED) is 0.502. The van der Waals surface area contributed by atoms with Crippen molar-refractivity contribution in [2.45, 2.75) is 0 Å². The second-order valence-electron chi connectivity index (χ2n) is 2.05. The number of methoxy groups -OCH3 is 1. The van der Waals surface area contributed by atoms with Gasteiger partial charge in [0.25, 0.3) is 0 Å². The van der Waals surface area contributed by atoms with Crippen LogP contribution in [-0.2, 0) is 0 Å². The standard InChI is InChI=1S/C7H8ClNO2/c1-11-7-3-5(9)6(10)2-4(7)8/h2-3,10H,9H2,1H3. The van der Waals surface area contributed by atoms with E-state index >= 15 is 0 Å². The molecule has 0 aliphatic carbocycles. The first kappa shape index (κ1) is 8.01. The van der Waals surface area contributed by atoms with E-state index in [2.05, 4.69) is 0 Å². The van der Waals surface area contributed by atoms with Crippen molar-refractivity contribution in [2.24, 2.45) is 0 Å². The van der Waals surface area contributed by atoms with Crippen LogP contribution in [-0.4, -0.2) is 12.2 Å². The lowest BCUT2D eigenvalue weighted by Crippen LogP contribution is -1.89. The van der Waals surface area contributed by atoms with Crippen LogP contribution < -0.4 is 10.5 Å². The zero-order valence-corrected chi connectivity index (χ0v) is 6.72. The number of ether oxygens (including phenoxy) is 1. The molecule has 1 aromatic carbocycles. The molecule has 0 fully saturated rings. The molecule has 60 valence electrons. The maximum atomic E-state index is 9.06. The average Bonchev–Trinajstić information content (AvgIpc) is 1.97. The fourth-order valence-corrected chi connectivity index (χ4v) is 0.950. The number of phenols is 1. The molecule has 0 saturated carbocycles. The molecule has 4 heteroatoms. The first-order chi connectivity index (χ1) is 5.15. The van der Waals surface area contributed by atoms with Gasteiger partial charge in [0.2, 0.25) is 0 Å². The number of anilines is 1. The number of nitrogen functional groups attached to an aromatic ring is 1. The zero-order chi connectivity index (χ0) is 8.43. The van der Waals surface area contributed by atoms with Gasteiger partial charge in [0.15, 0.2) is 0 Å². The van der Waals surface area contributed by atoms with Crippen molar-refractivity contribution in [3.8, 4) is 11.5 Å². The topological polar surface area (TPSA) is 55.5 Å². The van der Waals surface area contributed by atoms with E-state index < -0.39 is 0 Å². The Morgan fingerprint density at radius 1 is 1.55 bits per heavy atom. The summed E-state index contributed by atoms with van der Waals surface area (Å²) in [6, 6.07) is 2.81.